The molecular formula is C27H39N3O4S. The molecule has 35 heavy (non-hydrogen) atoms. The van der Waals surface area contributed by atoms with Gasteiger partial charge in [-0.2, -0.15) is 0 Å². The average molecular weight is 502 g/mol. The van der Waals surface area contributed by atoms with Crippen molar-refractivity contribution in [3.05, 3.63) is 66.2 Å². The Morgan fingerprint density at radius 3 is 2.09 bits per heavy atom. The van der Waals surface area contributed by atoms with Crippen LogP contribution in [0.4, 0.5) is 0 Å². The van der Waals surface area contributed by atoms with E-state index < -0.39 is 16.1 Å². The van der Waals surface area contributed by atoms with Crippen molar-refractivity contribution < 1.29 is 18.0 Å². The van der Waals surface area contributed by atoms with Crippen LogP contribution in [-0.4, -0.2) is 61.7 Å². The summed E-state index contributed by atoms with van der Waals surface area (Å²) < 4.78 is 26.8. The Balaban J connectivity index is 2.08. The number of rotatable bonds is 14. The van der Waals surface area contributed by atoms with Crippen LogP contribution in [0, 0.1) is 0 Å². The molecular weight excluding hydrogens is 462 g/mol. The zero-order valence-electron chi connectivity index (χ0n) is 21.3. The molecule has 0 aliphatic heterocycles. The standard InChI is InChI=1S/C27H39N3O4S/c1-5-22(3)28-27(32)25(6-2)30(21-19-23-14-9-7-10-15-23)26(31)18-13-20-29(4)35(33,34)24-16-11-8-12-17-24/h7-12,14-17,22,25H,5-6,13,18-21H2,1-4H3,(H,28,32)/t22-,25-/m0/s1. The van der Waals surface area contributed by atoms with Gasteiger partial charge in [0.05, 0.1) is 4.90 Å². The van der Waals surface area contributed by atoms with Gasteiger partial charge in [-0.15, -0.1) is 0 Å². The lowest BCUT2D eigenvalue weighted by atomic mass is 10.1. The Bertz CT molecular complexity index is 1030. The molecule has 0 aromatic heterocycles. The summed E-state index contributed by atoms with van der Waals surface area (Å²) in [7, 11) is -2.09. The maximum absolute atomic E-state index is 13.3. The predicted octanol–water partition coefficient (Wildman–Crippen LogP) is 3.85. The van der Waals surface area contributed by atoms with Gasteiger partial charge >= 0.3 is 0 Å². The maximum atomic E-state index is 13.3. The van der Waals surface area contributed by atoms with Crippen molar-refractivity contribution in [1.82, 2.24) is 14.5 Å². The van der Waals surface area contributed by atoms with Crippen LogP contribution < -0.4 is 5.32 Å². The molecule has 7 nitrogen and oxygen atoms in total. The molecule has 0 saturated heterocycles. The normalized spacial score (nSPS) is 13.3. The van der Waals surface area contributed by atoms with E-state index in [1.807, 2.05) is 51.1 Å². The van der Waals surface area contributed by atoms with E-state index in [9.17, 15) is 18.0 Å². The largest absolute Gasteiger partial charge is 0.352 e. The molecule has 8 heteroatoms. The summed E-state index contributed by atoms with van der Waals surface area (Å²) in [6.45, 7) is 6.50. The van der Waals surface area contributed by atoms with Crippen molar-refractivity contribution in [2.24, 2.45) is 0 Å². The van der Waals surface area contributed by atoms with Gasteiger partial charge in [-0.25, -0.2) is 12.7 Å². The molecule has 0 bridgehead atoms. The molecule has 0 unspecified atom stereocenters. The van der Waals surface area contributed by atoms with E-state index in [2.05, 4.69) is 5.32 Å². The fourth-order valence-corrected chi connectivity index (χ4v) is 5.06. The molecule has 2 atom stereocenters. The maximum Gasteiger partial charge on any atom is 0.243 e. The highest BCUT2D eigenvalue weighted by Gasteiger charge is 2.29. The third-order valence-corrected chi connectivity index (χ3v) is 8.06. The van der Waals surface area contributed by atoms with Crippen LogP contribution in [0.15, 0.2) is 65.6 Å². The van der Waals surface area contributed by atoms with Crippen LogP contribution in [0.1, 0.15) is 52.0 Å². The first-order valence-corrected chi connectivity index (χ1v) is 13.8. The number of nitrogens with one attached hydrogen (secondary N) is 1. The highest BCUT2D eigenvalue weighted by atomic mass is 32.2. The Kier molecular flexibility index (Phi) is 11.4. The molecule has 0 heterocycles. The van der Waals surface area contributed by atoms with Crippen LogP contribution in [0.5, 0.6) is 0 Å². The van der Waals surface area contributed by atoms with Crippen molar-refractivity contribution in [3.63, 3.8) is 0 Å². The third-order valence-electron chi connectivity index (χ3n) is 6.19. The minimum Gasteiger partial charge on any atom is -0.352 e. The summed E-state index contributed by atoms with van der Waals surface area (Å²) in [6, 6.07) is 17.6. The van der Waals surface area contributed by atoms with E-state index in [1.165, 1.54) is 11.4 Å². The van der Waals surface area contributed by atoms with Gasteiger partial charge in [-0.1, -0.05) is 62.4 Å². The molecule has 2 aromatic carbocycles. The van der Waals surface area contributed by atoms with E-state index in [-0.39, 0.29) is 35.7 Å². The number of carbonyl (C=O) groups excluding carboxylic acids is 2. The van der Waals surface area contributed by atoms with E-state index >= 15 is 0 Å². The Hall–Kier alpha value is -2.71. The SMILES string of the molecule is CC[C@H](C)NC(=O)[C@H](CC)N(CCc1ccccc1)C(=O)CCCN(C)S(=O)(=O)c1ccccc1. The summed E-state index contributed by atoms with van der Waals surface area (Å²) in [5, 5.41) is 3.01. The lowest BCUT2D eigenvalue weighted by Gasteiger charge is -2.31. The first-order valence-electron chi connectivity index (χ1n) is 12.4. The van der Waals surface area contributed by atoms with E-state index in [0.29, 0.717) is 25.8 Å². The zero-order chi connectivity index (χ0) is 25.8. The topological polar surface area (TPSA) is 86.8 Å². The van der Waals surface area contributed by atoms with Gasteiger partial charge in [0.2, 0.25) is 21.8 Å². The van der Waals surface area contributed by atoms with Gasteiger partial charge < -0.3 is 10.2 Å². The van der Waals surface area contributed by atoms with Gasteiger partial charge in [0, 0.05) is 32.6 Å². The quantitative estimate of drug-likeness (QED) is 0.426. The molecule has 0 radical (unpaired) electrons. The molecule has 1 N–H and O–H groups in total. The molecule has 2 aromatic rings. The minimum absolute atomic E-state index is 0.0273. The molecule has 0 saturated carbocycles. The van der Waals surface area contributed by atoms with Gasteiger partial charge in [-0.05, 0) is 50.3 Å². The number of sulfonamides is 1. The number of carbonyl (C=O) groups is 2. The third kappa shape index (κ3) is 8.47. The first-order chi connectivity index (χ1) is 16.7. The van der Waals surface area contributed by atoms with Gasteiger partial charge in [0.25, 0.3) is 0 Å². The second-order valence-electron chi connectivity index (χ2n) is 8.81. The molecule has 0 fully saturated rings. The summed E-state index contributed by atoms with van der Waals surface area (Å²) in [5.41, 5.74) is 1.09. The summed E-state index contributed by atoms with van der Waals surface area (Å²) in [5.74, 6) is -0.287. The molecule has 0 spiro atoms. The molecule has 192 valence electrons. The monoisotopic (exact) mass is 501 g/mol. The number of amides is 2. The van der Waals surface area contributed by atoms with Crippen molar-refractivity contribution in [3.8, 4) is 0 Å². The van der Waals surface area contributed by atoms with Crippen LogP contribution in [0.2, 0.25) is 0 Å². The Morgan fingerprint density at radius 2 is 1.51 bits per heavy atom. The van der Waals surface area contributed by atoms with Crippen LogP contribution in [0.25, 0.3) is 0 Å². The second kappa shape index (κ2) is 14.0. The molecule has 2 rings (SSSR count). The highest BCUT2D eigenvalue weighted by Crippen LogP contribution is 2.16. The fraction of sp³-hybridized carbons (Fsp3) is 0.481. The van der Waals surface area contributed by atoms with E-state index in [0.717, 1.165) is 12.0 Å². The smallest absolute Gasteiger partial charge is 0.243 e. The molecule has 2 amide bonds. The summed E-state index contributed by atoms with van der Waals surface area (Å²) in [6.07, 6.45) is 2.48. The molecule has 0 aliphatic carbocycles. The minimum atomic E-state index is -3.61. The van der Waals surface area contributed by atoms with Crippen molar-refractivity contribution >= 4 is 21.8 Å². The second-order valence-corrected chi connectivity index (χ2v) is 10.9. The van der Waals surface area contributed by atoms with Crippen LogP contribution in [-0.2, 0) is 26.0 Å². The first kappa shape index (κ1) is 28.5. The molecule has 0 aliphatic rings. The van der Waals surface area contributed by atoms with Gasteiger partial charge in [0.1, 0.15) is 6.04 Å². The van der Waals surface area contributed by atoms with Gasteiger partial charge in [-0.3, -0.25) is 9.59 Å². The lowest BCUT2D eigenvalue weighted by molar-refractivity contribution is -0.141. The summed E-state index contributed by atoms with van der Waals surface area (Å²) >= 11 is 0. The number of hydrogen-bond donors (Lipinski definition) is 1. The van der Waals surface area contributed by atoms with E-state index in [4.69, 9.17) is 0 Å². The zero-order valence-corrected chi connectivity index (χ0v) is 22.1. The average Bonchev–Trinajstić information content (AvgIpc) is 2.87. The Morgan fingerprint density at radius 1 is 0.914 bits per heavy atom. The van der Waals surface area contributed by atoms with Crippen molar-refractivity contribution in [2.75, 3.05) is 20.1 Å². The number of nitrogens with zero attached hydrogens (tertiary/aromatic N) is 2. The van der Waals surface area contributed by atoms with Crippen molar-refractivity contribution in [1.29, 1.82) is 0 Å². The van der Waals surface area contributed by atoms with Crippen LogP contribution >= 0.6 is 0 Å². The lowest BCUT2D eigenvalue weighted by Crippen LogP contribution is -2.51. The predicted molar refractivity (Wildman–Crippen MR) is 139 cm³/mol. The van der Waals surface area contributed by atoms with Crippen LogP contribution in [0.3, 0.4) is 0 Å². The Labute approximate surface area is 210 Å². The van der Waals surface area contributed by atoms with E-state index in [1.54, 1.807) is 35.2 Å². The summed E-state index contributed by atoms with van der Waals surface area (Å²) in [4.78, 5) is 28.2. The highest BCUT2D eigenvalue weighted by molar-refractivity contribution is 7.89. The number of benzene rings is 2. The van der Waals surface area contributed by atoms with Gasteiger partial charge in [0.15, 0.2) is 0 Å². The number of hydrogen-bond acceptors (Lipinski definition) is 4. The fourth-order valence-electron chi connectivity index (χ4n) is 3.83. The van der Waals surface area contributed by atoms with Crippen molar-refractivity contribution in [2.45, 2.75) is 69.9 Å².